The number of ether oxygens (including phenoxy) is 3. The molecular weight excluding hydrogens is 390 g/mol. The van der Waals surface area contributed by atoms with E-state index >= 15 is 0 Å². The Morgan fingerprint density at radius 3 is 2.10 bits per heavy atom. The SMILES string of the molecule is COc1cc(NC(=O)CN2C(=O)NC3(CCCCCCC3)C2=O)cc(OC)c1OC. The third-order valence-electron chi connectivity index (χ3n) is 5.70. The zero-order valence-electron chi connectivity index (χ0n) is 17.7. The van der Waals surface area contributed by atoms with Gasteiger partial charge in [0.15, 0.2) is 11.5 Å². The molecule has 1 aromatic rings. The number of hydrogen-bond acceptors (Lipinski definition) is 6. The lowest BCUT2D eigenvalue weighted by Gasteiger charge is -2.28. The molecule has 164 valence electrons. The third-order valence-corrected chi connectivity index (χ3v) is 5.70. The Morgan fingerprint density at radius 2 is 1.57 bits per heavy atom. The van der Waals surface area contributed by atoms with E-state index in [1.807, 2.05) is 0 Å². The molecule has 1 aliphatic carbocycles. The Balaban J connectivity index is 1.72. The molecule has 2 N–H and O–H groups in total. The van der Waals surface area contributed by atoms with Gasteiger partial charge >= 0.3 is 6.03 Å². The van der Waals surface area contributed by atoms with Gasteiger partial charge in [-0.15, -0.1) is 0 Å². The van der Waals surface area contributed by atoms with E-state index in [0.717, 1.165) is 37.0 Å². The first-order chi connectivity index (χ1) is 14.4. The highest BCUT2D eigenvalue weighted by Crippen LogP contribution is 2.40. The zero-order chi connectivity index (χ0) is 21.7. The minimum Gasteiger partial charge on any atom is -0.493 e. The largest absolute Gasteiger partial charge is 0.493 e. The van der Waals surface area contributed by atoms with Gasteiger partial charge in [-0.2, -0.15) is 0 Å². The number of urea groups is 1. The molecule has 1 saturated carbocycles. The number of nitrogens with zero attached hydrogens (tertiary/aromatic N) is 1. The summed E-state index contributed by atoms with van der Waals surface area (Å²) in [6.45, 7) is -0.358. The molecule has 4 amide bonds. The number of imide groups is 1. The lowest BCUT2D eigenvalue weighted by molar-refractivity contribution is -0.134. The molecule has 0 unspecified atom stereocenters. The number of carbonyl (C=O) groups is 3. The second-order valence-corrected chi connectivity index (χ2v) is 7.63. The van der Waals surface area contributed by atoms with Gasteiger partial charge in [0.1, 0.15) is 12.1 Å². The summed E-state index contributed by atoms with van der Waals surface area (Å²) < 4.78 is 15.8. The lowest BCUT2D eigenvalue weighted by Crippen LogP contribution is -2.47. The topological polar surface area (TPSA) is 106 Å². The summed E-state index contributed by atoms with van der Waals surface area (Å²) in [6, 6.07) is 2.66. The van der Waals surface area contributed by atoms with Crippen LogP contribution in [0.2, 0.25) is 0 Å². The van der Waals surface area contributed by atoms with Crippen molar-refractivity contribution < 1.29 is 28.6 Å². The van der Waals surface area contributed by atoms with Crippen LogP contribution in [-0.4, -0.2) is 56.2 Å². The van der Waals surface area contributed by atoms with Crippen LogP contribution in [-0.2, 0) is 9.59 Å². The summed E-state index contributed by atoms with van der Waals surface area (Å²) in [7, 11) is 4.44. The number of carbonyl (C=O) groups excluding carboxylic acids is 3. The molecule has 1 saturated heterocycles. The van der Waals surface area contributed by atoms with Gasteiger partial charge in [0.05, 0.1) is 21.3 Å². The van der Waals surface area contributed by atoms with Crippen molar-refractivity contribution in [1.29, 1.82) is 0 Å². The molecule has 1 aromatic carbocycles. The van der Waals surface area contributed by atoms with Crippen molar-refractivity contribution in [1.82, 2.24) is 10.2 Å². The van der Waals surface area contributed by atoms with Crippen molar-refractivity contribution >= 4 is 23.5 Å². The molecule has 9 heteroatoms. The third kappa shape index (κ3) is 4.29. The molecule has 1 heterocycles. The molecule has 1 spiro atoms. The average Bonchev–Trinajstić information content (AvgIpc) is 2.94. The summed E-state index contributed by atoms with van der Waals surface area (Å²) in [5.41, 5.74) is -0.466. The highest BCUT2D eigenvalue weighted by atomic mass is 16.5. The number of amides is 4. The van der Waals surface area contributed by atoms with Gasteiger partial charge in [0.25, 0.3) is 5.91 Å². The monoisotopic (exact) mass is 419 g/mol. The van der Waals surface area contributed by atoms with Gasteiger partial charge in [-0.05, 0) is 12.8 Å². The molecule has 2 aliphatic rings. The first kappa shape index (κ1) is 21.7. The Bertz CT molecular complexity index is 792. The predicted octanol–water partition coefficient (Wildman–Crippen LogP) is 2.69. The van der Waals surface area contributed by atoms with Crippen molar-refractivity contribution in [2.45, 2.75) is 50.5 Å². The maximum Gasteiger partial charge on any atom is 0.325 e. The number of rotatable bonds is 6. The van der Waals surface area contributed by atoms with Crippen molar-refractivity contribution in [2.75, 3.05) is 33.2 Å². The fraction of sp³-hybridized carbons (Fsp3) is 0.571. The Kier molecular flexibility index (Phi) is 6.69. The summed E-state index contributed by atoms with van der Waals surface area (Å²) in [5, 5.41) is 5.55. The van der Waals surface area contributed by atoms with Crippen molar-refractivity contribution in [3.8, 4) is 17.2 Å². The van der Waals surface area contributed by atoms with Gasteiger partial charge in [-0.3, -0.25) is 14.5 Å². The molecule has 30 heavy (non-hydrogen) atoms. The van der Waals surface area contributed by atoms with Crippen LogP contribution < -0.4 is 24.8 Å². The maximum atomic E-state index is 13.0. The Hall–Kier alpha value is -2.97. The Morgan fingerprint density at radius 1 is 1.00 bits per heavy atom. The van der Waals surface area contributed by atoms with Crippen molar-refractivity contribution in [2.24, 2.45) is 0 Å². The summed E-state index contributed by atoms with van der Waals surface area (Å²) in [6.07, 6.45) is 6.25. The van der Waals surface area contributed by atoms with Gasteiger partial charge in [0, 0.05) is 17.8 Å². The van der Waals surface area contributed by atoms with Gasteiger partial charge < -0.3 is 24.8 Å². The minimum absolute atomic E-state index is 0.311. The number of anilines is 1. The van der Waals surface area contributed by atoms with Crippen LogP contribution in [0.15, 0.2) is 12.1 Å². The van der Waals surface area contributed by atoms with Crippen LogP contribution in [0.25, 0.3) is 0 Å². The molecular formula is C21H29N3O6. The molecule has 9 nitrogen and oxygen atoms in total. The molecule has 2 fully saturated rings. The summed E-state index contributed by atoms with van der Waals surface area (Å²) >= 11 is 0. The van der Waals surface area contributed by atoms with E-state index in [-0.39, 0.29) is 12.5 Å². The van der Waals surface area contributed by atoms with Gasteiger partial charge in [-0.25, -0.2) is 4.79 Å². The second kappa shape index (κ2) is 9.23. The van der Waals surface area contributed by atoms with Crippen LogP contribution >= 0.6 is 0 Å². The highest BCUT2D eigenvalue weighted by molar-refractivity contribution is 6.10. The Labute approximate surface area is 176 Å². The normalized spacial score (nSPS) is 18.4. The minimum atomic E-state index is -0.871. The fourth-order valence-corrected chi connectivity index (χ4v) is 4.16. The van der Waals surface area contributed by atoms with Crippen molar-refractivity contribution in [3.05, 3.63) is 12.1 Å². The van der Waals surface area contributed by atoms with Crippen LogP contribution in [0.1, 0.15) is 44.9 Å². The standard InChI is InChI=1S/C21H29N3O6/c1-28-15-11-14(12-16(29-2)18(15)30-3)22-17(25)13-24-19(26)21(23-20(24)27)9-7-5-4-6-8-10-21/h11-12H,4-10,13H2,1-3H3,(H,22,25)(H,23,27). The van der Waals surface area contributed by atoms with Crippen LogP contribution in [0.5, 0.6) is 17.2 Å². The number of hydrogen-bond donors (Lipinski definition) is 2. The quantitative estimate of drug-likeness (QED) is 0.687. The van der Waals surface area contributed by atoms with E-state index in [1.165, 1.54) is 21.3 Å². The summed E-state index contributed by atoms with van der Waals surface area (Å²) in [4.78, 5) is 39.1. The van der Waals surface area contributed by atoms with E-state index in [4.69, 9.17) is 14.2 Å². The first-order valence-corrected chi connectivity index (χ1v) is 10.2. The molecule has 0 bridgehead atoms. The van der Waals surface area contributed by atoms with Crippen LogP contribution in [0.3, 0.4) is 0 Å². The number of benzene rings is 1. The molecule has 0 aromatic heterocycles. The van der Waals surface area contributed by atoms with Crippen LogP contribution in [0.4, 0.5) is 10.5 Å². The zero-order valence-corrected chi connectivity index (χ0v) is 17.7. The van der Waals surface area contributed by atoms with E-state index in [1.54, 1.807) is 12.1 Å². The first-order valence-electron chi connectivity index (χ1n) is 10.2. The van der Waals surface area contributed by atoms with Gasteiger partial charge in [0.2, 0.25) is 11.7 Å². The van der Waals surface area contributed by atoms with Crippen molar-refractivity contribution in [3.63, 3.8) is 0 Å². The van der Waals surface area contributed by atoms with E-state index in [0.29, 0.717) is 35.8 Å². The number of nitrogens with one attached hydrogen (secondary N) is 2. The number of methoxy groups -OCH3 is 3. The maximum absolute atomic E-state index is 13.0. The van der Waals surface area contributed by atoms with E-state index in [9.17, 15) is 14.4 Å². The molecule has 1 aliphatic heterocycles. The lowest BCUT2D eigenvalue weighted by atomic mass is 9.84. The highest BCUT2D eigenvalue weighted by Gasteiger charge is 2.50. The van der Waals surface area contributed by atoms with E-state index in [2.05, 4.69) is 10.6 Å². The second-order valence-electron chi connectivity index (χ2n) is 7.63. The fourth-order valence-electron chi connectivity index (χ4n) is 4.16. The van der Waals surface area contributed by atoms with Gasteiger partial charge in [-0.1, -0.05) is 32.1 Å². The molecule has 3 rings (SSSR count). The molecule has 0 atom stereocenters. The van der Waals surface area contributed by atoms with E-state index < -0.39 is 17.5 Å². The summed E-state index contributed by atoms with van der Waals surface area (Å²) in [5.74, 6) is 0.370. The molecule has 0 radical (unpaired) electrons. The smallest absolute Gasteiger partial charge is 0.325 e. The van der Waals surface area contributed by atoms with Crippen LogP contribution in [0, 0.1) is 0 Å². The average molecular weight is 419 g/mol. The predicted molar refractivity (Wildman–Crippen MR) is 110 cm³/mol.